The van der Waals surface area contributed by atoms with Gasteiger partial charge in [0.05, 0.1) is 5.75 Å². The first-order chi connectivity index (χ1) is 10.00. The molecule has 1 aromatic heterocycles. The highest BCUT2D eigenvalue weighted by Crippen LogP contribution is 2.15. The summed E-state index contributed by atoms with van der Waals surface area (Å²) in [5.74, 6) is 0.134. The summed E-state index contributed by atoms with van der Waals surface area (Å²) in [5, 5.41) is 11.7. The van der Waals surface area contributed by atoms with Crippen molar-refractivity contribution in [3.05, 3.63) is 40.7 Å². The number of halogens is 1. The van der Waals surface area contributed by atoms with Gasteiger partial charge in [-0.25, -0.2) is 13.1 Å². The van der Waals surface area contributed by atoms with Gasteiger partial charge in [-0.15, -0.1) is 5.10 Å². The summed E-state index contributed by atoms with van der Waals surface area (Å²) < 4.78 is 26.1. The molecule has 0 atom stereocenters. The number of nitrogens with zero attached hydrogens (tertiary/aromatic N) is 4. The van der Waals surface area contributed by atoms with Crippen molar-refractivity contribution in [2.24, 2.45) is 0 Å². The quantitative estimate of drug-likeness (QED) is 0.779. The summed E-state index contributed by atoms with van der Waals surface area (Å²) in [6.07, 6.45) is 1.90. The van der Waals surface area contributed by atoms with E-state index in [1.807, 2.05) is 0 Å². The van der Waals surface area contributed by atoms with Gasteiger partial charge < -0.3 is 0 Å². The molecule has 114 valence electrons. The molecule has 0 bridgehead atoms. The molecule has 0 saturated carbocycles. The Morgan fingerprint density at radius 2 is 2.10 bits per heavy atom. The lowest BCUT2D eigenvalue weighted by atomic mass is 10.2. The molecule has 0 spiro atoms. The predicted molar refractivity (Wildman–Crippen MR) is 80.5 cm³/mol. The number of benzene rings is 1. The molecule has 0 amide bonds. The van der Waals surface area contributed by atoms with Crippen LogP contribution in [0.2, 0.25) is 5.02 Å². The smallest absolute Gasteiger partial charge is 0.166 e. The van der Waals surface area contributed by atoms with Crippen LogP contribution in [0.1, 0.15) is 31.2 Å². The molecule has 0 unspecified atom stereocenters. The second-order valence-electron chi connectivity index (χ2n) is 4.83. The highest BCUT2D eigenvalue weighted by atomic mass is 35.5. The van der Waals surface area contributed by atoms with Crippen LogP contribution in [0.25, 0.3) is 0 Å². The van der Waals surface area contributed by atoms with Crippen LogP contribution in [0.15, 0.2) is 24.3 Å². The molecule has 0 aliphatic rings. The lowest BCUT2D eigenvalue weighted by Gasteiger charge is -2.06. The predicted octanol–water partition coefficient (Wildman–Crippen LogP) is 2.24. The van der Waals surface area contributed by atoms with Crippen LogP contribution in [0, 0.1) is 0 Å². The van der Waals surface area contributed by atoms with Crippen molar-refractivity contribution in [2.45, 2.75) is 37.8 Å². The third-order valence-corrected chi connectivity index (χ3v) is 4.66. The molecule has 21 heavy (non-hydrogen) atoms. The fourth-order valence-corrected chi connectivity index (χ4v) is 3.54. The van der Waals surface area contributed by atoms with E-state index in [9.17, 15) is 8.42 Å². The lowest BCUT2D eigenvalue weighted by Crippen LogP contribution is -2.13. The van der Waals surface area contributed by atoms with Gasteiger partial charge in [-0.05, 0) is 34.5 Å². The van der Waals surface area contributed by atoms with Gasteiger partial charge in [-0.3, -0.25) is 0 Å². The standard InChI is InChI=1S/C13H17ClN4O2S/c1-2-3-7-18-13(15-16-17-18)10-21(19,20)9-11-5-4-6-12(14)8-11/h4-6,8H,2-3,7,9-10H2,1H3. The number of unbranched alkanes of at least 4 members (excludes halogenated alkanes) is 1. The fraction of sp³-hybridized carbons (Fsp3) is 0.462. The molecule has 0 aliphatic heterocycles. The maximum Gasteiger partial charge on any atom is 0.166 e. The molecule has 0 N–H and O–H groups in total. The van der Waals surface area contributed by atoms with Crippen molar-refractivity contribution in [2.75, 3.05) is 0 Å². The lowest BCUT2D eigenvalue weighted by molar-refractivity contribution is 0.535. The molecule has 0 fully saturated rings. The van der Waals surface area contributed by atoms with E-state index < -0.39 is 9.84 Å². The number of tetrazole rings is 1. The monoisotopic (exact) mass is 328 g/mol. The number of sulfone groups is 1. The highest BCUT2D eigenvalue weighted by molar-refractivity contribution is 7.89. The van der Waals surface area contributed by atoms with E-state index in [1.165, 1.54) is 0 Å². The Kier molecular flexibility index (Phi) is 5.30. The van der Waals surface area contributed by atoms with Gasteiger partial charge >= 0.3 is 0 Å². The Bertz CT molecular complexity index is 700. The molecule has 1 heterocycles. The average molecular weight is 329 g/mol. The normalized spacial score (nSPS) is 11.7. The van der Waals surface area contributed by atoms with Crippen molar-refractivity contribution in [1.82, 2.24) is 20.2 Å². The first kappa shape index (κ1) is 15.9. The zero-order chi connectivity index (χ0) is 15.3. The second-order valence-corrected chi connectivity index (χ2v) is 7.33. The van der Waals surface area contributed by atoms with Crippen LogP contribution >= 0.6 is 11.6 Å². The van der Waals surface area contributed by atoms with E-state index in [4.69, 9.17) is 11.6 Å². The van der Waals surface area contributed by atoms with Crippen LogP contribution in [0.5, 0.6) is 0 Å². The zero-order valence-corrected chi connectivity index (χ0v) is 13.3. The number of hydrogen-bond acceptors (Lipinski definition) is 5. The summed E-state index contributed by atoms with van der Waals surface area (Å²) in [6, 6.07) is 6.84. The molecule has 0 aliphatic carbocycles. The van der Waals surface area contributed by atoms with E-state index in [-0.39, 0.29) is 11.5 Å². The van der Waals surface area contributed by atoms with Gasteiger partial charge in [0.2, 0.25) is 0 Å². The van der Waals surface area contributed by atoms with E-state index in [0.29, 0.717) is 23.0 Å². The summed E-state index contributed by atoms with van der Waals surface area (Å²) >= 11 is 5.87. The van der Waals surface area contributed by atoms with Crippen molar-refractivity contribution in [3.8, 4) is 0 Å². The van der Waals surface area contributed by atoms with Gasteiger partial charge in [-0.1, -0.05) is 37.1 Å². The number of rotatable bonds is 7. The van der Waals surface area contributed by atoms with Crippen LogP contribution in [0.4, 0.5) is 0 Å². The molecule has 2 aromatic rings. The summed E-state index contributed by atoms with van der Waals surface area (Å²) in [6.45, 7) is 2.69. The second kappa shape index (κ2) is 7.00. The maximum absolute atomic E-state index is 12.3. The Labute approximate surface area is 129 Å². The number of aromatic nitrogens is 4. The molecule has 8 heteroatoms. The van der Waals surface area contributed by atoms with Gasteiger partial charge in [0.1, 0.15) is 5.75 Å². The molecular formula is C13H17ClN4O2S. The Hall–Kier alpha value is -1.47. The first-order valence-electron chi connectivity index (χ1n) is 6.70. The largest absolute Gasteiger partial charge is 0.229 e. The van der Waals surface area contributed by atoms with Crippen LogP contribution in [-0.4, -0.2) is 28.6 Å². The Balaban J connectivity index is 2.09. The van der Waals surface area contributed by atoms with E-state index in [1.54, 1.807) is 28.9 Å². The first-order valence-corrected chi connectivity index (χ1v) is 8.90. The van der Waals surface area contributed by atoms with Crippen molar-refractivity contribution in [1.29, 1.82) is 0 Å². The minimum absolute atomic E-state index is 0.0752. The molecule has 0 radical (unpaired) electrons. The fourth-order valence-electron chi connectivity index (χ4n) is 1.94. The molecule has 6 nitrogen and oxygen atoms in total. The molecule has 0 saturated heterocycles. The summed E-state index contributed by atoms with van der Waals surface area (Å²) in [7, 11) is -3.34. The Morgan fingerprint density at radius 1 is 1.29 bits per heavy atom. The average Bonchev–Trinajstić information content (AvgIpc) is 2.82. The SMILES string of the molecule is CCCCn1nnnc1CS(=O)(=O)Cc1cccc(Cl)c1. The molecule has 2 rings (SSSR count). The topological polar surface area (TPSA) is 77.7 Å². The van der Waals surface area contributed by atoms with Crippen LogP contribution in [-0.2, 0) is 27.9 Å². The third-order valence-electron chi connectivity index (χ3n) is 2.95. The minimum Gasteiger partial charge on any atom is -0.229 e. The van der Waals surface area contributed by atoms with Crippen LogP contribution in [0.3, 0.4) is 0 Å². The number of aryl methyl sites for hydroxylation is 1. The summed E-state index contributed by atoms with van der Waals surface area (Å²) in [4.78, 5) is 0. The van der Waals surface area contributed by atoms with Crippen molar-refractivity contribution < 1.29 is 8.42 Å². The summed E-state index contributed by atoms with van der Waals surface area (Å²) in [5.41, 5.74) is 0.662. The molecule has 1 aromatic carbocycles. The Morgan fingerprint density at radius 3 is 2.81 bits per heavy atom. The van der Waals surface area contributed by atoms with Gasteiger partial charge in [0.15, 0.2) is 15.7 Å². The molecular weight excluding hydrogens is 312 g/mol. The third kappa shape index (κ3) is 4.78. The van der Waals surface area contributed by atoms with Gasteiger partial charge in [-0.2, -0.15) is 0 Å². The zero-order valence-electron chi connectivity index (χ0n) is 11.7. The van der Waals surface area contributed by atoms with Crippen molar-refractivity contribution >= 4 is 21.4 Å². The minimum atomic E-state index is -3.34. The van der Waals surface area contributed by atoms with Gasteiger partial charge in [0, 0.05) is 11.6 Å². The van der Waals surface area contributed by atoms with Crippen molar-refractivity contribution in [3.63, 3.8) is 0 Å². The van der Waals surface area contributed by atoms with E-state index in [0.717, 1.165) is 12.8 Å². The van der Waals surface area contributed by atoms with Gasteiger partial charge in [0.25, 0.3) is 0 Å². The van der Waals surface area contributed by atoms with Crippen LogP contribution < -0.4 is 0 Å². The van der Waals surface area contributed by atoms with E-state index in [2.05, 4.69) is 22.4 Å². The maximum atomic E-state index is 12.3. The number of hydrogen-bond donors (Lipinski definition) is 0. The van der Waals surface area contributed by atoms with E-state index >= 15 is 0 Å². The highest BCUT2D eigenvalue weighted by Gasteiger charge is 2.18.